The molecule has 0 saturated carbocycles. The molecular weight excluding hydrogens is 144 g/mol. The molecule has 0 aliphatic carbocycles. The van der Waals surface area contributed by atoms with Crippen LogP contribution in [0.25, 0.3) is 0 Å². The summed E-state index contributed by atoms with van der Waals surface area (Å²) in [6.45, 7) is 2.13. The van der Waals surface area contributed by atoms with Crippen LogP contribution < -0.4 is 0 Å². The molecule has 0 aromatic rings. The molecule has 0 aromatic carbocycles. The summed E-state index contributed by atoms with van der Waals surface area (Å²) in [7, 11) is 0. The van der Waals surface area contributed by atoms with E-state index in [0.29, 0.717) is 0 Å². The summed E-state index contributed by atoms with van der Waals surface area (Å²) in [5.41, 5.74) is 0. The highest BCUT2D eigenvalue weighted by Gasteiger charge is 2.12. The van der Waals surface area contributed by atoms with Gasteiger partial charge in [-0.05, 0) is 19.8 Å². The monoisotopic (exact) mass is 158 g/mol. The number of hydrogen-bond acceptors (Lipinski definition) is 3. The van der Waals surface area contributed by atoms with Gasteiger partial charge in [0.15, 0.2) is 0 Å². The first kappa shape index (κ1) is 8.71. The number of hydrogen-bond donors (Lipinski definition) is 1. The van der Waals surface area contributed by atoms with Crippen LogP contribution in [0.1, 0.15) is 19.8 Å². The zero-order valence-electron chi connectivity index (χ0n) is 6.69. The van der Waals surface area contributed by atoms with Gasteiger partial charge in [0.2, 0.25) is 0 Å². The van der Waals surface area contributed by atoms with E-state index in [-0.39, 0.29) is 18.8 Å². The molecule has 0 saturated heterocycles. The Morgan fingerprint density at radius 2 is 2.18 bits per heavy atom. The van der Waals surface area contributed by atoms with Crippen molar-refractivity contribution in [2.24, 2.45) is 0 Å². The van der Waals surface area contributed by atoms with E-state index >= 15 is 0 Å². The fourth-order valence-corrected chi connectivity index (χ4v) is 0.940. The third-order valence-electron chi connectivity index (χ3n) is 1.57. The van der Waals surface area contributed by atoms with Gasteiger partial charge in [-0.2, -0.15) is 0 Å². The molecule has 3 nitrogen and oxygen atoms in total. The molecule has 0 fully saturated rings. The van der Waals surface area contributed by atoms with Crippen molar-refractivity contribution in [3.63, 3.8) is 0 Å². The average molecular weight is 158 g/mol. The Morgan fingerprint density at radius 3 is 2.73 bits per heavy atom. The van der Waals surface area contributed by atoms with Crippen LogP contribution in [0.2, 0.25) is 0 Å². The quantitative estimate of drug-likeness (QED) is 0.492. The summed E-state index contributed by atoms with van der Waals surface area (Å²) >= 11 is 0. The summed E-state index contributed by atoms with van der Waals surface area (Å²) in [5, 5.41) is 8.53. The molecule has 1 aliphatic heterocycles. The van der Waals surface area contributed by atoms with E-state index in [9.17, 15) is 0 Å². The van der Waals surface area contributed by atoms with Gasteiger partial charge in [0.1, 0.15) is 12.2 Å². The molecule has 1 heterocycles. The first-order valence-corrected chi connectivity index (χ1v) is 3.94. The minimum atomic E-state index is 0.0262. The van der Waals surface area contributed by atoms with Crippen molar-refractivity contribution in [2.45, 2.75) is 32.0 Å². The van der Waals surface area contributed by atoms with Crippen molar-refractivity contribution in [3.8, 4) is 0 Å². The summed E-state index contributed by atoms with van der Waals surface area (Å²) in [4.78, 5) is 9.91. The normalized spacial score (nSPS) is 30.7. The average Bonchev–Trinajstić information content (AvgIpc) is 2.04. The fourth-order valence-electron chi connectivity index (χ4n) is 0.940. The first-order chi connectivity index (χ1) is 5.33. The van der Waals surface area contributed by atoms with Gasteiger partial charge in [0.25, 0.3) is 0 Å². The maximum absolute atomic E-state index is 8.53. The number of rotatable bonds is 3. The molecule has 3 heteroatoms. The Labute approximate surface area is 66.5 Å². The maximum Gasteiger partial charge on any atom is 0.111 e. The molecule has 1 N–H and O–H groups in total. The summed E-state index contributed by atoms with van der Waals surface area (Å²) in [5.74, 6) is 0. The Morgan fingerprint density at radius 1 is 1.36 bits per heavy atom. The topological polar surface area (TPSA) is 38.7 Å². The van der Waals surface area contributed by atoms with Crippen LogP contribution in [0, 0.1) is 0 Å². The van der Waals surface area contributed by atoms with Crippen molar-refractivity contribution >= 4 is 0 Å². The molecule has 11 heavy (non-hydrogen) atoms. The molecule has 0 unspecified atom stereocenters. The highest BCUT2D eigenvalue weighted by Crippen LogP contribution is 2.12. The minimum absolute atomic E-state index is 0.0262. The van der Waals surface area contributed by atoms with Crippen molar-refractivity contribution in [1.82, 2.24) is 0 Å². The Hall–Kier alpha value is -0.380. The smallest absolute Gasteiger partial charge is 0.111 e. The Kier molecular flexibility index (Phi) is 3.56. The minimum Gasteiger partial charge on any atom is -0.396 e. The zero-order chi connectivity index (χ0) is 8.10. The van der Waals surface area contributed by atoms with Crippen LogP contribution in [0.3, 0.4) is 0 Å². The zero-order valence-corrected chi connectivity index (χ0v) is 6.69. The van der Waals surface area contributed by atoms with Crippen LogP contribution in [0.15, 0.2) is 12.2 Å². The van der Waals surface area contributed by atoms with Crippen LogP contribution >= 0.6 is 0 Å². The van der Waals surface area contributed by atoms with Gasteiger partial charge in [0, 0.05) is 6.61 Å². The first-order valence-electron chi connectivity index (χ1n) is 3.94. The molecule has 1 rings (SSSR count). The lowest BCUT2D eigenvalue weighted by Crippen LogP contribution is -2.20. The predicted molar refractivity (Wildman–Crippen MR) is 40.9 cm³/mol. The van der Waals surface area contributed by atoms with Crippen LogP contribution in [0.4, 0.5) is 0 Å². The van der Waals surface area contributed by atoms with Gasteiger partial charge in [-0.3, -0.25) is 0 Å². The fraction of sp³-hybridized carbons (Fsp3) is 0.750. The van der Waals surface area contributed by atoms with Gasteiger partial charge in [-0.1, -0.05) is 12.2 Å². The lowest BCUT2D eigenvalue weighted by atomic mass is 10.1. The molecular formula is C8H14O3. The second-order valence-electron chi connectivity index (χ2n) is 2.69. The standard InChI is InChI=1S/C8H14O3/c1-7-4-5-8(11-10-7)3-2-6-9/h4-5,7-9H,2-3,6H2,1H3/t7-,8+/m0/s1. The molecule has 0 amide bonds. The van der Waals surface area contributed by atoms with Crippen LogP contribution in [0.5, 0.6) is 0 Å². The number of aliphatic hydroxyl groups is 1. The molecule has 0 spiro atoms. The summed E-state index contributed by atoms with van der Waals surface area (Å²) < 4.78 is 0. The second kappa shape index (κ2) is 4.49. The molecule has 0 bridgehead atoms. The summed E-state index contributed by atoms with van der Waals surface area (Å²) in [6, 6.07) is 0. The SMILES string of the molecule is C[C@H]1C=C[C@@H](CCCO)OO1. The van der Waals surface area contributed by atoms with Gasteiger partial charge in [0.05, 0.1) is 0 Å². The Bertz CT molecular complexity index is 133. The van der Waals surface area contributed by atoms with E-state index in [1.165, 1.54) is 0 Å². The molecule has 64 valence electrons. The van der Waals surface area contributed by atoms with Crippen molar-refractivity contribution < 1.29 is 14.9 Å². The van der Waals surface area contributed by atoms with E-state index in [1.54, 1.807) is 0 Å². The van der Waals surface area contributed by atoms with Crippen LogP contribution in [-0.4, -0.2) is 23.9 Å². The van der Waals surface area contributed by atoms with Crippen LogP contribution in [-0.2, 0) is 9.78 Å². The van der Waals surface area contributed by atoms with E-state index < -0.39 is 0 Å². The largest absolute Gasteiger partial charge is 0.396 e. The maximum atomic E-state index is 8.53. The number of aliphatic hydroxyl groups excluding tert-OH is 1. The van der Waals surface area contributed by atoms with Gasteiger partial charge in [-0.15, -0.1) is 0 Å². The molecule has 0 aromatic heterocycles. The molecule has 1 aliphatic rings. The molecule has 0 radical (unpaired) electrons. The lowest BCUT2D eigenvalue weighted by Gasteiger charge is -2.19. The van der Waals surface area contributed by atoms with E-state index in [4.69, 9.17) is 14.9 Å². The Balaban J connectivity index is 2.21. The van der Waals surface area contributed by atoms with Gasteiger partial charge in [-0.25, -0.2) is 9.78 Å². The van der Waals surface area contributed by atoms with Crippen molar-refractivity contribution in [3.05, 3.63) is 12.2 Å². The third-order valence-corrected chi connectivity index (χ3v) is 1.57. The third kappa shape index (κ3) is 3.01. The highest BCUT2D eigenvalue weighted by molar-refractivity contribution is 4.94. The molecule has 2 atom stereocenters. The predicted octanol–water partition coefficient (Wildman–Crippen LogP) is 1.03. The highest BCUT2D eigenvalue weighted by atomic mass is 17.2. The second-order valence-corrected chi connectivity index (χ2v) is 2.69. The van der Waals surface area contributed by atoms with Gasteiger partial charge < -0.3 is 5.11 Å². The van der Waals surface area contributed by atoms with E-state index in [2.05, 4.69) is 0 Å². The van der Waals surface area contributed by atoms with Gasteiger partial charge >= 0.3 is 0 Å². The lowest BCUT2D eigenvalue weighted by molar-refractivity contribution is -0.337. The van der Waals surface area contributed by atoms with E-state index in [1.807, 2.05) is 19.1 Å². The van der Waals surface area contributed by atoms with Crippen molar-refractivity contribution in [1.29, 1.82) is 0 Å². The summed E-state index contributed by atoms with van der Waals surface area (Å²) in [6.07, 6.45) is 5.60. The van der Waals surface area contributed by atoms with Crippen molar-refractivity contribution in [2.75, 3.05) is 6.61 Å². The van der Waals surface area contributed by atoms with E-state index in [0.717, 1.165) is 12.8 Å².